The van der Waals surface area contributed by atoms with E-state index in [1.54, 1.807) is 0 Å². The number of ether oxygens (including phenoxy) is 1. The van der Waals surface area contributed by atoms with Crippen molar-refractivity contribution in [3.05, 3.63) is 22.2 Å². The van der Waals surface area contributed by atoms with Gasteiger partial charge in [-0.1, -0.05) is 36.7 Å². The molecule has 1 aliphatic rings. The first-order chi connectivity index (χ1) is 7.38. The average Bonchev–Trinajstić information content (AvgIpc) is 2.14. The second-order valence-electron chi connectivity index (χ2n) is 4.92. The maximum Gasteiger partial charge on any atom is 0.262 e. The molecule has 1 heterocycles. The number of carbonyl (C=O) groups is 1. The van der Waals surface area contributed by atoms with Gasteiger partial charge in [0, 0.05) is 10.0 Å². The van der Waals surface area contributed by atoms with E-state index in [0.29, 0.717) is 0 Å². The Labute approximate surface area is 103 Å². The highest BCUT2D eigenvalue weighted by Gasteiger charge is 2.26. The summed E-state index contributed by atoms with van der Waals surface area (Å²) >= 11 is 3.45. The standard InChI is InChI=1S/C12H14BrNO2/c1-12(2,3)8-4-7(13)5-9-11(8)16-6-10(15)14-9/h4-5H,6H2,1-3H3,(H,14,15). The van der Waals surface area contributed by atoms with Crippen molar-refractivity contribution < 1.29 is 9.53 Å². The SMILES string of the molecule is CC(C)(C)c1cc(Br)cc2c1OCC(=O)N2. The number of benzene rings is 1. The number of fused-ring (bicyclic) bond motifs is 1. The van der Waals surface area contributed by atoms with E-state index in [-0.39, 0.29) is 17.9 Å². The first-order valence-electron chi connectivity index (χ1n) is 5.14. The lowest BCUT2D eigenvalue weighted by atomic mass is 9.86. The Morgan fingerprint density at radius 2 is 2.06 bits per heavy atom. The van der Waals surface area contributed by atoms with Crippen LogP contribution in [0.25, 0.3) is 0 Å². The van der Waals surface area contributed by atoms with Crippen molar-refractivity contribution in [1.29, 1.82) is 0 Å². The molecule has 86 valence electrons. The molecule has 0 saturated heterocycles. The fourth-order valence-corrected chi connectivity index (χ4v) is 2.18. The Kier molecular flexibility index (Phi) is 2.70. The molecule has 0 spiro atoms. The van der Waals surface area contributed by atoms with E-state index in [0.717, 1.165) is 21.5 Å². The van der Waals surface area contributed by atoms with Crippen molar-refractivity contribution in [1.82, 2.24) is 0 Å². The van der Waals surface area contributed by atoms with Crippen LogP contribution in [0.2, 0.25) is 0 Å². The Morgan fingerprint density at radius 3 is 2.69 bits per heavy atom. The van der Waals surface area contributed by atoms with Gasteiger partial charge in [-0.3, -0.25) is 4.79 Å². The molecule has 1 amide bonds. The van der Waals surface area contributed by atoms with Crippen molar-refractivity contribution in [3.8, 4) is 5.75 Å². The van der Waals surface area contributed by atoms with Crippen LogP contribution in [-0.4, -0.2) is 12.5 Å². The molecule has 1 aliphatic heterocycles. The van der Waals surface area contributed by atoms with Gasteiger partial charge in [-0.15, -0.1) is 0 Å². The molecule has 2 rings (SSSR count). The molecule has 1 aromatic carbocycles. The van der Waals surface area contributed by atoms with Crippen molar-refractivity contribution in [2.24, 2.45) is 0 Å². The van der Waals surface area contributed by atoms with Gasteiger partial charge in [-0.05, 0) is 17.5 Å². The van der Waals surface area contributed by atoms with E-state index in [9.17, 15) is 4.79 Å². The van der Waals surface area contributed by atoms with Gasteiger partial charge in [0.2, 0.25) is 0 Å². The van der Waals surface area contributed by atoms with Gasteiger partial charge < -0.3 is 10.1 Å². The molecule has 4 heteroatoms. The number of nitrogens with one attached hydrogen (secondary N) is 1. The zero-order valence-corrected chi connectivity index (χ0v) is 11.1. The topological polar surface area (TPSA) is 38.3 Å². The van der Waals surface area contributed by atoms with E-state index in [1.165, 1.54) is 0 Å². The van der Waals surface area contributed by atoms with Crippen LogP contribution in [0.3, 0.4) is 0 Å². The zero-order chi connectivity index (χ0) is 11.9. The molecule has 3 nitrogen and oxygen atoms in total. The van der Waals surface area contributed by atoms with Crippen LogP contribution in [0.5, 0.6) is 5.75 Å². The minimum absolute atomic E-state index is 0.0179. The summed E-state index contributed by atoms with van der Waals surface area (Å²) in [6.45, 7) is 6.45. The van der Waals surface area contributed by atoms with Gasteiger partial charge in [0.25, 0.3) is 5.91 Å². The average molecular weight is 284 g/mol. The summed E-state index contributed by atoms with van der Waals surface area (Å²) in [6.07, 6.45) is 0. The first kappa shape index (κ1) is 11.5. The smallest absolute Gasteiger partial charge is 0.262 e. The minimum atomic E-state index is -0.106. The highest BCUT2D eigenvalue weighted by Crippen LogP contribution is 2.40. The Bertz CT molecular complexity index is 449. The third kappa shape index (κ3) is 2.07. The molecular formula is C12H14BrNO2. The third-order valence-electron chi connectivity index (χ3n) is 2.48. The van der Waals surface area contributed by atoms with Crippen molar-refractivity contribution in [2.75, 3.05) is 11.9 Å². The molecule has 0 aliphatic carbocycles. The summed E-state index contributed by atoms with van der Waals surface area (Å²) in [4.78, 5) is 11.2. The Balaban J connectivity index is 2.59. The molecular weight excluding hydrogens is 270 g/mol. The minimum Gasteiger partial charge on any atom is -0.481 e. The highest BCUT2D eigenvalue weighted by atomic mass is 79.9. The van der Waals surface area contributed by atoms with Crippen LogP contribution in [0, 0.1) is 0 Å². The van der Waals surface area contributed by atoms with Gasteiger partial charge >= 0.3 is 0 Å². The summed E-state index contributed by atoms with van der Waals surface area (Å²) < 4.78 is 6.46. The van der Waals surface area contributed by atoms with Crippen molar-refractivity contribution in [3.63, 3.8) is 0 Å². The second kappa shape index (κ2) is 3.77. The Morgan fingerprint density at radius 1 is 1.38 bits per heavy atom. The molecule has 1 N–H and O–H groups in total. The molecule has 0 unspecified atom stereocenters. The number of amides is 1. The van der Waals surface area contributed by atoms with Crippen LogP contribution in [0.15, 0.2) is 16.6 Å². The van der Waals surface area contributed by atoms with Gasteiger partial charge in [0.1, 0.15) is 5.75 Å². The Hall–Kier alpha value is -1.03. The predicted molar refractivity (Wildman–Crippen MR) is 67.0 cm³/mol. The second-order valence-corrected chi connectivity index (χ2v) is 5.83. The summed E-state index contributed by atoms with van der Waals surface area (Å²) in [5.41, 5.74) is 1.82. The zero-order valence-electron chi connectivity index (χ0n) is 9.56. The first-order valence-corrected chi connectivity index (χ1v) is 5.94. The summed E-state index contributed by atoms with van der Waals surface area (Å²) in [7, 11) is 0. The maximum atomic E-state index is 11.2. The lowest BCUT2D eigenvalue weighted by Gasteiger charge is -2.27. The lowest BCUT2D eigenvalue weighted by molar-refractivity contribution is -0.118. The number of hydrogen-bond donors (Lipinski definition) is 1. The van der Waals surface area contributed by atoms with Gasteiger partial charge in [-0.25, -0.2) is 0 Å². The number of halogens is 1. The fourth-order valence-electron chi connectivity index (χ4n) is 1.72. The predicted octanol–water partition coefficient (Wildman–Crippen LogP) is 3.08. The molecule has 0 aromatic heterocycles. The van der Waals surface area contributed by atoms with E-state index >= 15 is 0 Å². The lowest BCUT2D eigenvalue weighted by Crippen LogP contribution is -2.27. The number of anilines is 1. The summed E-state index contributed by atoms with van der Waals surface area (Å²) in [5.74, 6) is 0.681. The van der Waals surface area contributed by atoms with E-state index in [4.69, 9.17) is 4.74 Å². The molecule has 0 saturated carbocycles. The van der Waals surface area contributed by atoms with Gasteiger partial charge in [-0.2, -0.15) is 0 Å². The fraction of sp³-hybridized carbons (Fsp3) is 0.417. The van der Waals surface area contributed by atoms with E-state index in [1.807, 2.05) is 12.1 Å². The maximum absolute atomic E-state index is 11.2. The van der Waals surface area contributed by atoms with Gasteiger partial charge in [0.05, 0.1) is 5.69 Å². The third-order valence-corrected chi connectivity index (χ3v) is 2.94. The van der Waals surface area contributed by atoms with Crippen LogP contribution in [-0.2, 0) is 10.2 Å². The molecule has 0 bridgehead atoms. The monoisotopic (exact) mass is 283 g/mol. The van der Waals surface area contributed by atoms with Crippen molar-refractivity contribution in [2.45, 2.75) is 26.2 Å². The molecule has 1 aromatic rings. The highest BCUT2D eigenvalue weighted by molar-refractivity contribution is 9.10. The number of carbonyl (C=O) groups excluding carboxylic acids is 1. The number of rotatable bonds is 0. The molecule has 16 heavy (non-hydrogen) atoms. The largest absolute Gasteiger partial charge is 0.481 e. The van der Waals surface area contributed by atoms with E-state index in [2.05, 4.69) is 42.0 Å². The van der Waals surface area contributed by atoms with Crippen LogP contribution >= 0.6 is 15.9 Å². The van der Waals surface area contributed by atoms with Gasteiger partial charge in [0.15, 0.2) is 6.61 Å². The van der Waals surface area contributed by atoms with Crippen LogP contribution < -0.4 is 10.1 Å². The summed E-state index contributed by atoms with van der Waals surface area (Å²) in [5, 5.41) is 2.82. The molecule has 0 atom stereocenters. The number of hydrogen-bond acceptors (Lipinski definition) is 2. The van der Waals surface area contributed by atoms with Crippen LogP contribution in [0.4, 0.5) is 5.69 Å². The van der Waals surface area contributed by atoms with Crippen LogP contribution in [0.1, 0.15) is 26.3 Å². The van der Waals surface area contributed by atoms with Crippen molar-refractivity contribution >= 4 is 27.5 Å². The summed E-state index contributed by atoms with van der Waals surface area (Å²) in [6, 6.07) is 3.90. The quantitative estimate of drug-likeness (QED) is 0.795. The molecule has 0 fully saturated rings. The normalized spacial score (nSPS) is 15.1. The molecule has 0 radical (unpaired) electrons. The van der Waals surface area contributed by atoms with E-state index < -0.39 is 0 Å².